The Bertz CT molecular complexity index is 459. The number of aryl methyl sites for hydroxylation is 1. The third-order valence-corrected chi connectivity index (χ3v) is 4.31. The van der Waals surface area contributed by atoms with Crippen LogP contribution in [0.2, 0.25) is 0 Å². The molecule has 1 amide bonds. The summed E-state index contributed by atoms with van der Waals surface area (Å²) in [7, 11) is 0. The SMILES string of the molecule is CC(C)(C)C1CC(=O)N(CCCc2ccc(N)cc2)C1. The molecule has 0 spiro atoms. The van der Waals surface area contributed by atoms with E-state index in [1.165, 1.54) is 5.56 Å². The highest BCUT2D eigenvalue weighted by Crippen LogP contribution is 2.34. The predicted molar refractivity (Wildman–Crippen MR) is 83.3 cm³/mol. The standard InChI is InChI=1S/C17H26N2O/c1-17(2,3)14-11-16(20)19(12-14)10-4-5-13-6-8-15(18)9-7-13/h6-9,14H,4-5,10-12,18H2,1-3H3. The van der Waals surface area contributed by atoms with Crippen molar-refractivity contribution >= 4 is 11.6 Å². The molecule has 1 aliphatic heterocycles. The molecule has 1 aromatic rings. The molecular weight excluding hydrogens is 248 g/mol. The van der Waals surface area contributed by atoms with Crippen LogP contribution in [0.4, 0.5) is 5.69 Å². The van der Waals surface area contributed by atoms with Gasteiger partial charge in [0.15, 0.2) is 0 Å². The van der Waals surface area contributed by atoms with Crippen molar-refractivity contribution in [2.45, 2.75) is 40.0 Å². The van der Waals surface area contributed by atoms with E-state index in [-0.39, 0.29) is 5.41 Å². The van der Waals surface area contributed by atoms with Crippen LogP contribution in [-0.2, 0) is 11.2 Å². The summed E-state index contributed by atoms with van der Waals surface area (Å²) < 4.78 is 0. The largest absolute Gasteiger partial charge is 0.399 e. The number of amides is 1. The van der Waals surface area contributed by atoms with Crippen molar-refractivity contribution in [2.24, 2.45) is 11.3 Å². The van der Waals surface area contributed by atoms with Gasteiger partial charge in [0.1, 0.15) is 0 Å². The molecular formula is C17H26N2O. The van der Waals surface area contributed by atoms with Crippen molar-refractivity contribution in [3.05, 3.63) is 29.8 Å². The Labute approximate surface area is 122 Å². The highest BCUT2D eigenvalue weighted by molar-refractivity contribution is 5.78. The van der Waals surface area contributed by atoms with Crippen LogP contribution in [0.3, 0.4) is 0 Å². The van der Waals surface area contributed by atoms with Gasteiger partial charge in [-0.2, -0.15) is 0 Å². The average molecular weight is 274 g/mol. The Morgan fingerprint density at radius 1 is 1.25 bits per heavy atom. The normalized spacial score (nSPS) is 19.6. The number of anilines is 1. The molecule has 1 atom stereocenters. The Morgan fingerprint density at radius 2 is 1.90 bits per heavy atom. The van der Waals surface area contributed by atoms with E-state index in [0.29, 0.717) is 18.2 Å². The Hall–Kier alpha value is -1.51. The van der Waals surface area contributed by atoms with Crippen molar-refractivity contribution in [1.29, 1.82) is 0 Å². The summed E-state index contributed by atoms with van der Waals surface area (Å²) in [5.41, 5.74) is 7.99. The number of likely N-dealkylation sites (tertiary alicyclic amines) is 1. The second kappa shape index (κ2) is 5.86. The monoisotopic (exact) mass is 274 g/mol. The number of nitrogens with zero attached hydrogens (tertiary/aromatic N) is 1. The van der Waals surface area contributed by atoms with Gasteiger partial charge in [0, 0.05) is 25.2 Å². The average Bonchev–Trinajstić information content (AvgIpc) is 2.74. The van der Waals surface area contributed by atoms with E-state index in [1.807, 2.05) is 17.0 Å². The smallest absolute Gasteiger partial charge is 0.222 e. The Kier molecular flexibility index (Phi) is 4.36. The molecule has 2 rings (SSSR count). The van der Waals surface area contributed by atoms with Crippen molar-refractivity contribution < 1.29 is 4.79 Å². The molecule has 1 aromatic carbocycles. The molecule has 0 saturated carbocycles. The number of nitrogens with two attached hydrogens (primary N) is 1. The summed E-state index contributed by atoms with van der Waals surface area (Å²) in [6.07, 6.45) is 2.74. The zero-order valence-corrected chi connectivity index (χ0v) is 12.9. The molecule has 0 aromatic heterocycles. The summed E-state index contributed by atoms with van der Waals surface area (Å²) in [5, 5.41) is 0. The minimum atomic E-state index is 0.224. The second-order valence-corrected chi connectivity index (χ2v) is 6.95. The third kappa shape index (κ3) is 3.75. The molecule has 110 valence electrons. The molecule has 1 fully saturated rings. The van der Waals surface area contributed by atoms with Crippen LogP contribution in [0, 0.1) is 11.3 Å². The molecule has 1 unspecified atom stereocenters. The lowest BCUT2D eigenvalue weighted by Crippen LogP contribution is -2.28. The third-order valence-electron chi connectivity index (χ3n) is 4.31. The van der Waals surface area contributed by atoms with Gasteiger partial charge in [-0.15, -0.1) is 0 Å². The van der Waals surface area contributed by atoms with Crippen LogP contribution in [0.5, 0.6) is 0 Å². The predicted octanol–water partition coefficient (Wildman–Crippen LogP) is 3.10. The molecule has 3 nitrogen and oxygen atoms in total. The Morgan fingerprint density at radius 3 is 2.45 bits per heavy atom. The maximum atomic E-state index is 12.0. The van der Waals surface area contributed by atoms with E-state index in [9.17, 15) is 4.79 Å². The van der Waals surface area contributed by atoms with Gasteiger partial charge in [0.2, 0.25) is 5.91 Å². The topological polar surface area (TPSA) is 46.3 Å². The number of nitrogen functional groups attached to an aromatic ring is 1. The number of carbonyl (C=O) groups is 1. The zero-order chi connectivity index (χ0) is 14.8. The maximum Gasteiger partial charge on any atom is 0.222 e. The van der Waals surface area contributed by atoms with Gasteiger partial charge < -0.3 is 10.6 Å². The molecule has 1 aliphatic rings. The van der Waals surface area contributed by atoms with E-state index in [1.54, 1.807) is 0 Å². The number of hydrogen-bond acceptors (Lipinski definition) is 2. The van der Waals surface area contributed by atoms with Gasteiger partial charge in [-0.25, -0.2) is 0 Å². The highest BCUT2D eigenvalue weighted by Gasteiger charge is 2.36. The van der Waals surface area contributed by atoms with Gasteiger partial charge >= 0.3 is 0 Å². The fourth-order valence-corrected chi connectivity index (χ4v) is 2.73. The Balaban J connectivity index is 1.80. The van der Waals surface area contributed by atoms with Gasteiger partial charge in [-0.1, -0.05) is 32.9 Å². The number of benzene rings is 1. The van der Waals surface area contributed by atoms with Crippen LogP contribution in [-0.4, -0.2) is 23.9 Å². The van der Waals surface area contributed by atoms with E-state index in [2.05, 4.69) is 32.9 Å². The van der Waals surface area contributed by atoms with Crippen molar-refractivity contribution in [3.63, 3.8) is 0 Å². The molecule has 1 saturated heterocycles. The molecule has 20 heavy (non-hydrogen) atoms. The van der Waals surface area contributed by atoms with Crippen LogP contribution in [0.1, 0.15) is 39.2 Å². The zero-order valence-electron chi connectivity index (χ0n) is 12.9. The van der Waals surface area contributed by atoms with Crippen LogP contribution in [0.25, 0.3) is 0 Å². The summed E-state index contributed by atoms with van der Waals surface area (Å²) in [4.78, 5) is 14.1. The first-order valence-corrected chi connectivity index (χ1v) is 7.48. The van der Waals surface area contributed by atoms with Gasteiger partial charge in [0.05, 0.1) is 0 Å². The molecule has 1 heterocycles. The first-order chi connectivity index (χ1) is 9.36. The fraction of sp³-hybridized carbons (Fsp3) is 0.588. The minimum Gasteiger partial charge on any atom is -0.399 e. The summed E-state index contributed by atoms with van der Waals surface area (Å²) in [5.74, 6) is 0.814. The van der Waals surface area contributed by atoms with Crippen LogP contribution < -0.4 is 5.73 Å². The van der Waals surface area contributed by atoms with Crippen molar-refractivity contribution in [3.8, 4) is 0 Å². The highest BCUT2D eigenvalue weighted by atomic mass is 16.2. The summed E-state index contributed by atoms with van der Waals surface area (Å²) >= 11 is 0. The van der Waals surface area contributed by atoms with Gasteiger partial charge in [-0.3, -0.25) is 4.79 Å². The quantitative estimate of drug-likeness (QED) is 0.858. The van der Waals surface area contributed by atoms with Gasteiger partial charge in [0.25, 0.3) is 0 Å². The van der Waals surface area contributed by atoms with Gasteiger partial charge in [-0.05, 0) is 41.9 Å². The molecule has 2 N–H and O–H groups in total. The number of hydrogen-bond donors (Lipinski definition) is 1. The summed E-state index contributed by atoms with van der Waals surface area (Å²) in [6.45, 7) is 8.47. The number of carbonyl (C=O) groups excluding carboxylic acids is 1. The molecule has 0 radical (unpaired) electrons. The lowest BCUT2D eigenvalue weighted by atomic mass is 9.80. The lowest BCUT2D eigenvalue weighted by Gasteiger charge is -2.26. The summed E-state index contributed by atoms with van der Waals surface area (Å²) in [6, 6.07) is 8.01. The maximum absolute atomic E-state index is 12.0. The van der Waals surface area contributed by atoms with E-state index < -0.39 is 0 Å². The van der Waals surface area contributed by atoms with Crippen LogP contribution >= 0.6 is 0 Å². The van der Waals surface area contributed by atoms with Crippen molar-refractivity contribution in [2.75, 3.05) is 18.8 Å². The van der Waals surface area contributed by atoms with Crippen LogP contribution in [0.15, 0.2) is 24.3 Å². The van der Waals surface area contributed by atoms with Crippen molar-refractivity contribution in [1.82, 2.24) is 4.90 Å². The second-order valence-electron chi connectivity index (χ2n) is 6.95. The fourth-order valence-electron chi connectivity index (χ4n) is 2.73. The first kappa shape index (κ1) is 14.9. The number of rotatable bonds is 4. The lowest BCUT2D eigenvalue weighted by molar-refractivity contribution is -0.127. The molecule has 0 bridgehead atoms. The molecule has 0 aliphatic carbocycles. The van der Waals surface area contributed by atoms with E-state index in [0.717, 1.165) is 31.6 Å². The molecule has 3 heteroatoms. The minimum absolute atomic E-state index is 0.224. The first-order valence-electron chi connectivity index (χ1n) is 7.48. The van der Waals surface area contributed by atoms with E-state index >= 15 is 0 Å². The van der Waals surface area contributed by atoms with E-state index in [4.69, 9.17) is 5.73 Å².